The summed E-state index contributed by atoms with van der Waals surface area (Å²) in [7, 11) is 0. The summed E-state index contributed by atoms with van der Waals surface area (Å²) >= 11 is 0. The van der Waals surface area contributed by atoms with E-state index >= 15 is 0 Å². The molecule has 1 aromatic heterocycles. The van der Waals surface area contributed by atoms with Crippen LogP contribution in [-0.2, 0) is 12.0 Å². The summed E-state index contributed by atoms with van der Waals surface area (Å²) in [6.07, 6.45) is 0. The normalized spacial score (nSPS) is 12.4. The second kappa shape index (κ2) is 4.37. The summed E-state index contributed by atoms with van der Waals surface area (Å²) < 4.78 is 2.41. The maximum absolute atomic E-state index is 2.41. The summed E-state index contributed by atoms with van der Waals surface area (Å²) in [6, 6.07) is 13.7. The average molecular weight is 265 g/mol. The number of hydrogen-bond donors (Lipinski definition) is 0. The zero-order valence-electron chi connectivity index (χ0n) is 13.1. The average Bonchev–Trinajstić information content (AvgIpc) is 2.70. The SMILES string of the molecule is CCn1c2ccc(C)cc2c2cc(C(C)(C)C)ccc21. The first-order valence-corrected chi connectivity index (χ1v) is 7.45. The Labute approximate surface area is 121 Å². The van der Waals surface area contributed by atoms with E-state index in [9.17, 15) is 0 Å². The molecule has 0 aliphatic rings. The molecule has 0 saturated carbocycles. The Kier molecular flexibility index (Phi) is 2.89. The molecule has 0 aliphatic carbocycles. The molecule has 0 unspecified atom stereocenters. The van der Waals surface area contributed by atoms with E-state index in [-0.39, 0.29) is 5.41 Å². The van der Waals surface area contributed by atoms with Crippen LogP contribution in [0.1, 0.15) is 38.8 Å². The first-order chi connectivity index (χ1) is 9.41. The number of aromatic nitrogens is 1. The monoisotopic (exact) mass is 265 g/mol. The van der Waals surface area contributed by atoms with E-state index in [1.54, 1.807) is 0 Å². The first-order valence-electron chi connectivity index (χ1n) is 7.45. The fraction of sp³-hybridized carbons (Fsp3) is 0.368. The summed E-state index contributed by atoms with van der Waals surface area (Å²) in [5.74, 6) is 0. The molecule has 0 saturated heterocycles. The van der Waals surface area contributed by atoms with Crippen molar-refractivity contribution in [2.45, 2.75) is 46.6 Å². The van der Waals surface area contributed by atoms with Crippen LogP contribution in [0.3, 0.4) is 0 Å². The Balaban J connectivity index is 2.44. The van der Waals surface area contributed by atoms with E-state index in [4.69, 9.17) is 0 Å². The van der Waals surface area contributed by atoms with Crippen molar-refractivity contribution in [2.75, 3.05) is 0 Å². The van der Waals surface area contributed by atoms with Crippen molar-refractivity contribution in [3.05, 3.63) is 47.5 Å². The smallest absolute Gasteiger partial charge is 0.0491 e. The molecular formula is C19H23N. The number of rotatable bonds is 1. The topological polar surface area (TPSA) is 4.93 Å². The van der Waals surface area contributed by atoms with Gasteiger partial charge in [-0.15, -0.1) is 0 Å². The molecule has 0 fully saturated rings. The second-order valence-corrected chi connectivity index (χ2v) is 6.75. The highest BCUT2D eigenvalue weighted by Crippen LogP contribution is 2.33. The molecule has 104 valence electrons. The molecule has 20 heavy (non-hydrogen) atoms. The minimum atomic E-state index is 0.193. The molecule has 1 nitrogen and oxygen atoms in total. The molecule has 3 rings (SSSR count). The van der Waals surface area contributed by atoms with Gasteiger partial charge in [0, 0.05) is 28.4 Å². The standard InChI is InChI=1S/C19H23N/c1-6-20-17-9-7-13(2)11-15(17)16-12-14(19(3,4)5)8-10-18(16)20/h7-12H,6H2,1-5H3. The fourth-order valence-corrected chi connectivity index (χ4v) is 3.03. The van der Waals surface area contributed by atoms with Gasteiger partial charge in [-0.3, -0.25) is 0 Å². The van der Waals surface area contributed by atoms with Crippen LogP contribution in [0.25, 0.3) is 21.8 Å². The third kappa shape index (κ3) is 1.93. The summed E-state index contributed by atoms with van der Waals surface area (Å²) in [4.78, 5) is 0. The van der Waals surface area contributed by atoms with Crippen molar-refractivity contribution >= 4 is 21.8 Å². The highest BCUT2D eigenvalue weighted by molar-refractivity contribution is 6.08. The van der Waals surface area contributed by atoms with E-state index in [1.807, 2.05) is 0 Å². The molecule has 0 bridgehead atoms. The van der Waals surface area contributed by atoms with Crippen molar-refractivity contribution in [1.82, 2.24) is 4.57 Å². The van der Waals surface area contributed by atoms with Gasteiger partial charge in [-0.2, -0.15) is 0 Å². The summed E-state index contributed by atoms with van der Waals surface area (Å²) in [6.45, 7) is 12.2. The number of fused-ring (bicyclic) bond motifs is 3. The van der Waals surface area contributed by atoms with E-state index in [0.717, 1.165) is 6.54 Å². The van der Waals surface area contributed by atoms with Gasteiger partial charge in [-0.1, -0.05) is 38.5 Å². The molecule has 0 spiro atoms. The molecule has 0 aliphatic heterocycles. The predicted octanol–water partition coefficient (Wildman–Crippen LogP) is 5.42. The molecule has 1 heterocycles. The van der Waals surface area contributed by atoms with E-state index in [2.05, 4.69) is 75.6 Å². The number of hydrogen-bond acceptors (Lipinski definition) is 0. The molecule has 2 aromatic carbocycles. The van der Waals surface area contributed by atoms with Crippen molar-refractivity contribution in [3.8, 4) is 0 Å². The second-order valence-electron chi connectivity index (χ2n) is 6.75. The quantitative estimate of drug-likeness (QED) is 0.553. The number of nitrogens with zero attached hydrogens (tertiary/aromatic N) is 1. The van der Waals surface area contributed by atoms with Gasteiger partial charge in [0.25, 0.3) is 0 Å². The van der Waals surface area contributed by atoms with Gasteiger partial charge < -0.3 is 4.57 Å². The van der Waals surface area contributed by atoms with Crippen LogP contribution >= 0.6 is 0 Å². The lowest BCUT2D eigenvalue weighted by Crippen LogP contribution is -2.10. The highest BCUT2D eigenvalue weighted by Gasteiger charge is 2.16. The summed E-state index contributed by atoms with van der Waals surface area (Å²) in [5, 5.41) is 2.77. The van der Waals surface area contributed by atoms with Crippen LogP contribution in [-0.4, -0.2) is 4.57 Å². The maximum Gasteiger partial charge on any atom is 0.0491 e. The molecule has 0 radical (unpaired) electrons. The number of aryl methyl sites for hydroxylation is 2. The fourth-order valence-electron chi connectivity index (χ4n) is 3.03. The van der Waals surface area contributed by atoms with Crippen molar-refractivity contribution in [3.63, 3.8) is 0 Å². The third-order valence-corrected chi connectivity index (χ3v) is 4.20. The van der Waals surface area contributed by atoms with E-state index in [1.165, 1.54) is 32.9 Å². The van der Waals surface area contributed by atoms with Gasteiger partial charge >= 0.3 is 0 Å². The Bertz CT molecular complexity index is 785. The molecular weight excluding hydrogens is 242 g/mol. The Morgan fingerprint density at radius 2 is 1.50 bits per heavy atom. The summed E-state index contributed by atoms with van der Waals surface area (Å²) in [5.41, 5.74) is 5.62. The maximum atomic E-state index is 2.41. The molecule has 1 heteroatoms. The van der Waals surface area contributed by atoms with Crippen molar-refractivity contribution < 1.29 is 0 Å². The van der Waals surface area contributed by atoms with Gasteiger partial charge in [-0.05, 0) is 49.1 Å². The Hall–Kier alpha value is -1.76. The first kappa shape index (κ1) is 13.2. The van der Waals surface area contributed by atoms with Crippen LogP contribution in [0, 0.1) is 6.92 Å². The lowest BCUT2D eigenvalue weighted by molar-refractivity contribution is 0.591. The minimum absolute atomic E-state index is 0.193. The highest BCUT2D eigenvalue weighted by atomic mass is 15.0. The largest absolute Gasteiger partial charge is 0.341 e. The van der Waals surface area contributed by atoms with Crippen molar-refractivity contribution in [1.29, 1.82) is 0 Å². The van der Waals surface area contributed by atoms with Gasteiger partial charge in [-0.25, -0.2) is 0 Å². The Morgan fingerprint density at radius 1 is 0.900 bits per heavy atom. The van der Waals surface area contributed by atoms with Crippen LogP contribution in [0.4, 0.5) is 0 Å². The van der Waals surface area contributed by atoms with Crippen LogP contribution in [0.5, 0.6) is 0 Å². The van der Waals surface area contributed by atoms with E-state index < -0.39 is 0 Å². The molecule has 0 N–H and O–H groups in total. The zero-order valence-corrected chi connectivity index (χ0v) is 13.1. The van der Waals surface area contributed by atoms with Crippen molar-refractivity contribution in [2.24, 2.45) is 0 Å². The molecule has 0 amide bonds. The van der Waals surface area contributed by atoms with Gasteiger partial charge in [0.2, 0.25) is 0 Å². The van der Waals surface area contributed by atoms with Crippen LogP contribution in [0.2, 0.25) is 0 Å². The third-order valence-electron chi connectivity index (χ3n) is 4.20. The van der Waals surface area contributed by atoms with Crippen LogP contribution < -0.4 is 0 Å². The zero-order chi connectivity index (χ0) is 14.5. The lowest BCUT2D eigenvalue weighted by Gasteiger charge is -2.19. The van der Waals surface area contributed by atoms with E-state index in [0.29, 0.717) is 0 Å². The lowest BCUT2D eigenvalue weighted by atomic mass is 9.86. The Morgan fingerprint density at radius 3 is 2.10 bits per heavy atom. The van der Waals surface area contributed by atoms with Gasteiger partial charge in [0.15, 0.2) is 0 Å². The minimum Gasteiger partial charge on any atom is -0.341 e. The molecule has 3 aromatic rings. The van der Waals surface area contributed by atoms with Gasteiger partial charge in [0.05, 0.1) is 0 Å². The van der Waals surface area contributed by atoms with Crippen LogP contribution in [0.15, 0.2) is 36.4 Å². The number of benzene rings is 2. The predicted molar refractivity (Wildman–Crippen MR) is 88.6 cm³/mol. The van der Waals surface area contributed by atoms with Gasteiger partial charge in [0.1, 0.15) is 0 Å². The molecule has 0 atom stereocenters.